The lowest BCUT2D eigenvalue weighted by Crippen LogP contribution is -2.27. The molecule has 30 heavy (non-hydrogen) atoms. The SMILES string of the molecule is COC(=O)CCCNC(=O)CSc1nc2ccccc2c(=O)n1-c1ccc(C)cc1. The normalized spacial score (nSPS) is 10.7. The summed E-state index contributed by atoms with van der Waals surface area (Å²) >= 11 is 1.20. The van der Waals surface area contributed by atoms with Gasteiger partial charge in [-0.15, -0.1) is 0 Å². The number of hydrogen-bond acceptors (Lipinski definition) is 6. The van der Waals surface area contributed by atoms with Crippen LogP contribution in [0.2, 0.25) is 0 Å². The molecule has 3 aromatic rings. The van der Waals surface area contributed by atoms with E-state index in [2.05, 4.69) is 15.0 Å². The molecule has 2 aromatic carbocycles. The molecule has 0 aliphatic rings. The van der Waals surface area contributed by atoms with E-state index in [4.69, 9.17) is 0 Å². The molecule has 0 aliphatic carbocycles. The minimum absolute atomic E-state index is 0.106. The van der Waals surface area contributed by atoms with Crippen LogP contribution in [0.4, 0.5) is 0 Å². The maximum Gasteiger partial charge on any atom is 0.305 e. The predicted octanol–water partition coefficient (Wildman–Crippen LogP) is 2.86. The number of thioether (sulfide) groups is 1. The fourth-order valence-electron chi connectivity index (χ4n) is 2.87. The van der Waals surface area contributed by atoms with Crippen molar-refractivity contribution in [1.82, 2.24) is 14.9 Å². The molecule has 0 bridgehead atoms. The van der Waals surface area contributed by atoms with Crippen molar-refractivity contribution in [2.75, 3.05) is 19.4 Å². The summed E-state index contributed by atoms with van der Waals surface area (Å²) < 4.78 is 6.11. The zero-order chi connectivity index (χ0) is 21.5. The number of esters is 1. The summed E-state index contributed by atoms with van der Waals surface area (Å²) in [5, 5.41) is 3.74. The molecule has 0 radical (unpaired) electrons. The van der Waals surface area contributed by atoms with Gasteiger partial charge in [0.2, 0.25) is 5.91 Å². The van der Waals surface area contributed by atoms with E-state index in [-0.39, 0.29) is 29.6 Å². The molecule has 1 amide bonds. The minimum Gasteiger partial charge on any atom is -0.469 e. The molecular weight excluding hydrogens is 402 g/mol. The first-order chi connectivity index (χ1) is 14.5. The number of aromatic nitrogens is 2. The highest BCUT2D eigenvalue weighted by Gasteiger charge is 2.14. The first kappa shape index (κ1) is 21.6. The van der Waals surface area contributed by atoms with Gasteiger partial charge in [0.1, 0.15) is 0 Å². The van der Waals surface area contributed by atoms with Crippen LogP contribution in [0.5, 0.6) is 0 Å². The topological polar surface area (TPSA) is 90.3 Å². The van der Waals surface area contributed by atoms with Crippen LogP contribution >= 0.6 is 11.8 Å². The monoisotopic (exact) mass is 425 g/mol. The molecule has 0 spiro atoms. The van der Waals surface area contributed by atoms with Crippen LogP contribution in [-0.2, 0) is 14.3 Å². The Morgan fingerprint density at radius 3 is 2.60 bits per heavy atom. The highest BCUT2D eigenvalue weighted by atomic mass is 32.2. The van der Waals surface area contributed by atoms with Gasteiger partial charge in [-0.25, -0.2) is 4.98 Å². The fraction of sp³-hybridized carbons (Fsp3) is 0.273. The molecule has 0 saturated carbocycles. The average molecular weight is 426 g/mol. The van der Waals surface area contributed by atoms with Crippen molar-refractivity contribution in [2.24, 2.45) is 0 Å². The molecule has 156 valence electrons. The molecule has 1 N–H and O–H groups in total. The molecule has 0 aliphatic heterocycles. The van der Waals surface area contributed by atoms with Gasteiger partial charge in [-0.2, -0.15) is 0 Å². The van der Waals surface area contributed by atoms with E-state index in [1.165, 1.54) is 23.4 Å². The number of para-hydroxylation sites is 1. The van der Waals surface area contributed by atoms with Crippen molar-refractivity contribution < 1.29 is 14.3 Å². The van der Waals surface area contributed by atoms with Gasteiger partial charge in [0.05, 0.1) is 29.5 Å². The second-order valence-electron chi connectivity index (χ2n) is 6.71. The summed E-state index contributed by atoms with van der Waals surface area (Å²) in [5.41, 5.74) is 2.20. The van der Waals surface area contributed by atoms with Crippen molar-refractivity contribution in [3.8, 4) is 5.69 Å². The average Bonchev–Trinajstić information content (AvgIpc) is 2.76. The second kappa shape index (κ2) is 10.1. The predicted molar refractivity (Wildman–Crippen MR) is 117 cm³/mol. The van der Waals surface area contributed by atoms with Gasteiger partial charge in [-0.05, 0) is 37.6 Å². The zero-order valence-corrected chi connectivity index (χ0v) is 17.7. The van der Waals surface area contributed by atoms with E-state index < -0.39 is 0 Å². The van der Waals surface area contributed by atoms with E-state index in [0.29, 0.717) is 34.7 Å². The lowest BCUT2D eigenvalue weighted by molar-refractivity contribution is -0.140. The third-order valence-electron chi connectivity index (χ3n) is 4.48. The fourth-order valence-corrected chi connectivity index (χ4v) is 3.72. The first-order valence-corrected chi connectivity index (χ1v) is 10.5. The minimum atomic E-state index is -0.305. The van der Waals surface area contributed by atoms with Gasteiger partial charge in [-0.1, -0.05) is 41.6 Å². The van der Waals surface area contributed by atoms with Crippen molar-refractivity contribution >= 4 is 34.5 Å². The van der Waals surface area contributed by atoms with Crippen LogP contribution in [0.25, 0.3) is 16.6 Å². The quantitative estimate of drug-likeness (QED) is 0.258. The number of fused-ring (bicyclic) bond motifs is 1. The van der Waals surface area contributed by atoms with E-state index in [0.717, 1.165) is 5.56 Å². The molecular formula is C22H23N3O4S. The second-order valence-corrected chi connectivity index (χ2v) is 7.65. The third-order valence-corrected chi connectivity index (χ3v) is 5.42. The van der Waals surface area contributed by atoms with Crippen molar-refractivity contribution in [3.63, 3.8) is 0 Å². The van der Waals surface area contributed by atoms with Gasteiger partial charge in [-0.3, -0.25) is 19.0 Å². The molecule has 1 heterocycles. The Balaban J connectivity index is 1.79. The third kappa shape index (κ3) is 5.27. The summed E-state index contributed by atoms with van der Waals surface area (Å²) in [4.78, 5) is 41.1. The maximum atomic E-state index is 13.1. The number of ether oxygens (including phenoxy) is 1. The molecule has 1 aromatic heterocycles. The van der Waals surface area contributed by atoms with Crippen LogP contribution < -0.4 is 10.9 Å². The number of nitrogens with one attached hydrogen (secondary N) is 1. The van der Waals surface area contributed by atoms with E-state index >= 15 is 0 Å². The summed E-state index contributed by atoms with van der Waals surface area (Å²) in [7, 11) is 1.34. The molecule has 7 nitrogen and oxygen atoms in total. The summed E-state index contributed by atoms with van der Waals surface area (Å²) in [6, 6.07) is 14.8. The van der Waals surface area contributed by atoms with Crippen molar-refractivity contribution in [2.45, 2.75) is 24.9 Å². The van der Waals surface area contributed by atoms with Crippen molar-refractivity contribution in [1.29, 1.82) is 0 Å². The highest BCUT2D eigenvalue weighted by molar-refractivity contribution is 7.99. The van der Waals surface area contributed by atoms with Crippen LogP contribution in [-0.4, -0.2) is 40.8 Å². The van der Waals surface area contributed by atoms with E-state index in [1.54, 1.807) is 18.2 Å². The molecule has 8 heteroatoms. The van der Waals surface area contributed by atoms with Crippen LogP contribution in [0, 0.1) is 6.92 Å². The van der Waals surface area contributed by atoms with Gasteiger partial charge < -0.3 is 10.1 Å². The lowest BCUT2D eigenvalue weighted by atomic mass is 10.2. The Morgan fingerprint density at radius 2 is 1.87 bits per heavy atom. The molecule has 0 fully saturated rings. The number of carbonyl (C=O) groups is 2. The number of aryl methyl sites for hydroxylation is 1. The smallest absolute Gasteiger partial charge is 0.305 e. The summed E-state index contributed by atoms with van der Waals surface area (Å²) in [6.45, 7) is 2.36. The Bertz CT molecular complexity index is 1110. The standard InChI is InChI=1S/C22H23N3O4S/c1-15-9-11-16(12-10-15)25-21(28)17-6-3-4-7-18(17)24-22(25)30-14-19(26)23-13-5-8-20(27)29-2/h3-4,6-7,9-12H,5,8,13-14H2,1-2H3,(H,23,26). The Labute approximate surface area is 178 Å². The van der Waals surface area contributed by atoms with Crippen LogP contribution in [0.15, 0.2) is 58.5 Å². The van der Waals surface area contributed by atoms with Gasteiger partial charge in [0.15, 0.2) is 5.16 Å². The number of nitrogens with zero attached hydrogens (tertiary/aromatic N) is 2. The number of rotatable bonds is 8. The largest absolute Gasteiger partial charge is 0.469 e. The summed E-state index contributed by atoms with van der Waals surface area (Å²) in [6.07, 6.45) is 0.758. The van der Waals surface area contributed by atoms with Gasteiger partial charge in [0.25, 0.3) is 5.56 Å². The highest BCUT2D eigenvalue weighted by Crippen LogP contribution is 2.21. The van der Waals surface area contributed by atoms with Crippen LogP contribution in [0.3, 0.4) is 0 Å². The number of benzene rings is 2. The molecule has 0 unspecified atom stereocenters. The number of amides is 1. The number of hydrogen-bond donors (Lipinski definition) is 1. The molecule has 0 saturated heterocycles. The van der Waals surface area contributed by atoms with Crippen molar-refractivity contribution in [3.05, 3.63) is 64.4 Å². The molecule has 3 rings (SSSR count). The summed E-state index contributed by atoms with van der Waals surface area (Å²) in [5.74, 6) is -0.390. The number of methoxy groups -OCH3 is 1. The van der Waals surface area contributed by atoms with Gasteiger partial charge in [0, 0.05) is 13.0 Å². The Morgan fingerprint density at radius 1 is 1.13 bits per heavy atom. The van der Waals surface area contributed by atoms with E-state index in [1.807, 2.05) is 37.3 Å². The number of carbonyl (C=O) groups excluding carboxylic acids is 2. The Kier molecular flexibility index (Phi) is 7.24. The first-order valence-electron chi connectivity index (χ1n) is 9.54. The zero-order valence-electron chi connectivity index (χ0n) is 16.9. The van der Waals surface area contributed by atoms with Gasteiger partial charge >= 0.3 is 5.97 Å². The van der Waals surface area contributed by atoms with Crippen LogP contribution in [0.1, 0.15) is 18.4 Å². The maximum absolute atomic E-state index is 13.1. The Hall–Kier alpha value is -3.13. The van der Waals surface area contributed by atoms with E-state index in [9.17, 15) is 14.4 Å². The molecule has 0 atom stereocenters. The lowest BCUT2D eigenvalue weighted by Gasteiger charge is -2.13.